The van der Waals surface area contributed by atoms with Gasteiger partial charge in [0.05, 0.1) is 37.1 Å². The minimum atomic E-state index is -0.776. The molecule has 4 N–H and O–H groups in total. The number of rotatable bonds is 8. The molecule has 0 aromatic heterocycles. The van der Waals surface area contributed by atoms with E-state index in [0.29, 0.717) is 65.8 Å². The molecule has 0 radical (unpaired) electrons. The molecule has 0 fully saturated rings. The Labute approximate surface area is 331 Å². The number of phenolic OH excluding ortho intramolecular Hbond substituents is 1. The first-order valence-corrected chi connectivity index (χ1v) is 20.1. The molecule has 5 atom stereocenters. The van der Waals surface area contributed by atoms with Crippen molar-refractivity contribution in [3.05, 3.63) is 68.3 Å². The van der Waals surface area contributed by atoms with Crippen LogP contribution >= 0.6 is 11.8 Å². The van der Waals surface area contributed by atoms with Crippen LogP contribution in [0.4, 0.5) is 0 Å². The van der Waals surface area contributed by atoms with Gasteiger partial charge in [0.2, 0.25) is 6.79 Å². The number of hydrogen-bond donors (Lipinski definition) is 4. The highest BCUT2D eigenvalue weighted by atomic mass is 32.2. The maximum Gasteiger partial charge on any atom is 0.327 e. The molecule has 298 valence electrons. The summed E-state index contributed by atoms with van der Waals surface area (Å²) in [5.41, 5.74) is 7.08. The van der Waals surface area contributed by atoms with Gasteiger partial charge in [0.1, 0.15) is 30.8 Å². The number of thioether (sulfide) groups is 1. The molecule has 14 heteroatoms. The lowest BCUT2D eigenvalue weighted by Gasteiger charge is -2.51. The molecule has 0 amide bonds. The van der Waals surface area contributed by atoms with Gasteiger partial charge in [-0.05, 0) is 87.3 Å². The second kappa shape index (κ2) is 16.4. The van der Waals surface area contributed by atoms with E-state index in [2.05, 4.69) is 33.4 Å². The summed E-state index contributed by atoms with van der Waals surface area (Å²) >= 11 is 1.61. The molecule has 0 saturated heterocycles. The standard InChI is InChI=1S/C42H49N3O10S/c1-21-16-26-10-8-14-45-28(19-52-42(49)33-27-18-29(50-5)25(11-9-15-46)17-24(27)12-13-44-33)31-32(38(55-23(3)47)22(2)39-40(31)54-20-53-39)41(56-7)35(45)34(43-4)30(26)36(48)37(21)51-6/h16-18,28,33-35,41,43-44,46,48H,8,10,12-15,19-20H2,1-7H3/t28-,33?,34+,35?,41?/m0/s1. The van der Waals surface area contributed by atoms with Crippen molar-refractivity contribution < 1.29 is 48.2 Å². The first-order chi connectivity index (χ1) is 27.1. The Bertz CT molecular complexity index is 2110. The average Bonchev–Trinajstić information content (AvgIpc) is 3.68. The third kappa shape index (κ3) is 6.79. The first-order valence-electron chi connectivity index (χ1n) is 18.8. The number of aliphatic hydroxyl groups excluding tert-OH is 1. The van der Waals surface area contributed by atoms with Gasteiger partial charge < -0.3 is 49.3 Å². The summed E-state index contributed by atoms with van der Waals surface area (Å²) in [5.74, 6) is 7.11. The topological polar surface area (TPSA) is 157 Å². The van der Waals surface area contributed by atoms with E-state index in [1.165, 1.54) is 6.92 Å². The number of benzene rings is 3. The average molecular weight is 788 g/mol. The first kappa shape index (κ1) is 39.6. The van der Waals surface area contributed by atoms with Crippen molar-refractivity contribution in [2.45, 2.75) is 69.5 Å². The molecule has 0 spiro atoms. The Kier molecular flexibility index (Phi) is 11.6. The second-order valence-electron chi connectivity index (χ2n) is 14.3. The van der Waals surface area contributed by atoms with Gasteiger partial charge in [-0.2, -0.15) is 11.8 Å². The zero-order valence-electron chi connectivity index (χ0n) is 32.8. The van der Waals surface area contributed by atoms with Crippen molar-refractivity contribution >= 4 is 23.7 Å². The monoisotopic (exact) mass is 787 g/mol. The van der Waals surface area contributed by atoms with Crippen molar-refractivity contribution in [1.82, 2.24) is 15.5 Å². The van der Waals surface area contributed by atoms with Crippen molar-refractivity contribution in [2.75, 3.05) is 60.6 Å². The van der Waals surface area contributed by atoms with Crippen LogP contribution in [0.25, 0.3) is 0 Å². The third-order valence-electron chi connectivity index (χ3n) is 11.3. The third-order valence-corrected chi connectivity index (χ3v) is 12.3. The molecule has 7 rings (SSSR count). The number of carbonyl (C=O) groups excluding carboxylic acids is 2. The van der Waals surface area contributed by atoms with Crippen molar-refractivity contribution in [2.24, 2.45) is 0 Å². The number of likely N-dealkylation sites (N-methyl/N-ethyl adjacent to an activating group) is 1. The van der Waals surface area contributed by atoms with Gasteiger partial charge in [-0.1, -0.05) is 17.9 Å². The van der Waals surface area contributed by atoms with E-state index in [4.69, 9.17) is 28.4 Å². The summed E-state index contributed by atoms with van der Waals surface area (Å²) in [6, 6.07) is 3.71. The number of nitrogens with one attached hydrogen (secondary N) is 2. The lowest BCUT2D eigenvalue weighted by Crippen LogP contribution is -2.54. The van der Waals surface area contributed by atoms with Crippen LogP contribution in [-0.4, -0.2) is 93.7 Å². The van der Waals surface area contributed by atoms with Crippen molar-refractivity contribution in [3.8, 4) is 46.3 Å². The summed E-state index contributed by atoms with van der Waals surface area (Å²) in [6.45, 7) is 5.98. The quantitative estimate of drug-likeness (QED) is 0.144. The van der Waals surface area contributed by atoms with E-state index in [1.54, 1.807) is 26.0 Å². The largest absolute Gasteiger partial charge is 0.504 e. The van der Waals surface area contributed by atoms with Crippen LogP contribution in [0.5, 0.6) is 34.5 Å². The van der Waals surface area contributed by atoms with Gasteiger partial charge in [0.25, 0.3) is 0 Å². The lowest BCUT2D eigenvalue weighted by molar-refractivity contribution is -0.149. The number of methoxy groups -OCH3 is 2. The van der Waals surface area contributed by atoms with E-state index < -0.39 is 30.1 Å². The normalized spacial score (nSPS) is 22.2. The van der Waals surface area contributed by atoms with E-state index >= 15 is 0 Å². The molecule has 4 aliphatic heterocycles. The Morgan fingerprint density at radius 2 is 1.84 bits per heavy atom. The fraction of sp³-hybridized carbons (Fsp3) is 0.476. The van der Waals surface area contributed by atoms with E-state index in [0.717, 1.165) is 45.4 Å². The van der Waals surface area contributed by atoms with E-state index in [1.807, 2.05) is 39.3 Å². The minimum Gasteiger partial charge on any atom is -0.504 e. The second-order valence-corrected chi connectivity index (χ2v) is 15.3. The number of aromatic hydroxyl groups is 1. The molecule has 4 aliphatic rings. The van der Waals surface area contributed by atoms with Crippen LogP contribution in [0, 0.1) is 25.7 Å². The maximum absolute atomic E-state index is 14.3. The fourth-order valence-electron chi connectivity index (χ4n) is 9.08. The van der Waals surface area contributed by atoms with Crippen LogP contribution < -0.4 is 34.3 Å². The number of aliphatic hydroxyl groups is 1. The molecule has 3 unspecified atom stereocenters. The number of phenols is 1. The molecule has 0 saturated carbocycles. The number of hydrogen-bond acceptors (Lipinski definition) is 14. The highest BCUT2D eigenvalue weighted by Gasteiger charge is 2.51. The van der Waals surface area contributed by atoms with Gasteiger partial charge >= 0.3 is 11.9 Å². The van der Waals surface area contributed by atoms with Gasteiger partial charge in [0.15, 0.2) is 23.0 Å². The van der Waals surface area contributed by atoms with Gasteiger partial charge in [-0.15, -0.1) is 0 Å². The Morgan fingerprint density at radius 3 is 2.54 bits per heavy atom. The van der Waals surface area contributed by atoms with Crippen LogP contribution in [0.2, 0.25) is 0 Å². The van der Waals surface area contributed by atoms with Crippen molar-refractivity contribution in [3.63, 3.8) is 0 Å². The number of esters is 2. The molecule has 0 aliphatic carbocycles. The SMILES string of the molecule is CN[C@@H]1c2c(cc(C)c(OC)c2O)CCCN2C1C(SC)c1c(OC(C)=O)c(C)c3c(c1[C@@H]2COC(=O)C1NCCc2cc(C#CCO)c(OC)cc21)OCO3. The van der Waals surface area contributed by atoms with Crippen LogP contribution in [-0.2, 0) is 27.2 Å². The Morgan fingerprint density at radius 1 is 1.05 bits per heavy atom. The number of aryl methyl sites for hydroxylation is 2. The molecule has 0 bridgehead atoms. The Hall–Kier alpha value is -4.65. The molecular formula is C42H49N3O10S. The summed E-state index contributed by atoms with van der Waals surface area (Å²) in [6.07, 6.45) is 4.13. The summed E-state index contributed by atoms with van der Waals surface area (Å²) < 4.78 is 36.0. The predicted octanol–water partition coefficient (Wildman–Crippen LogP) is 4.49. The minimum absolute atomic E-state index is 0.0131. The Balaban J connectivity index is 1.36. The number of ether oxygens (including phenoxy) is 6. The maximum atomic E-state index is 14.3. The van der Waals surface area contributed by atoms with E-state index in [-0.39, 0.29) is 37.0 Å². The molecule has 3 aromatic rings. The molecule has 56 heavy (non-hydrogen) atoms. The molecule has 4 heterocycles. The predicted molar refractivity (Wildman–Crippen MR) is 210 cm³/mol. The van der Waals surface area contributed by atoms with Gasteiger partial charge in [-0.25, -0.2) is 4.79 Å². The molecule has 13 nitrogen and oxygen atoms in total. The van der Waals surface area contributed by atoms with E-state index in [9.17, 15) is 19.8 Å². The van der Waals surface area contributed by atoms with Crippen molar-refractivity contribution in [1.29, 1.82) is 0 Å². The number of nitrogens with zero attached hydrogens (tertiary/aromatic N) is 1. The summed E-state index contributed by atoms with van der Waals surface area (Å²) in [7, 11) is 4.98. The van der Waals surface area contributed by atoms with Crippen LogP contribution in [0.3, 0.4) is 0 Å². The summed E-state index contributed by atoms with van der Waals surface area (Å²) in [4.78, 5) is 29.4. The highest BCUT2D eigenvalue weighted by Crippen LogP contribution is 2.60. The van der Waals surface area contributed by atoms with Crippen LogP contribution in [0.15, 0.2) is 18.2 Å². The highest BCUT2D eigenvalue weighted by molar-refractivity contribution is 7.98. The zero-order valence-corrected chi connectivity index (χ0v) is 33.6. The molecular weight excluding hydrogens is 739 g/mol. The summed E-state index contributed by atoms with van der Waals surface area (Å²) in [5, 5.41) is 27.8. The van der Waals surface area contributed by atoms with Crippen LogP contribution in [0.1, 0.15) is 86.8 Å². The fourth-order valence-corrected chi connectivity index (χ4v) is 10.1. The number of carbonyl (C=O) groups is 2. The number of fused-ring (bicyclic) bond motifs is 6. The molecule has 3 aromatic carbocycles. The lowest BCUT2D eigenvalue weighted by atomic mass is 9.78. The van der Waals surface area contributed by atoms with Gasteiger partial charge in [0, 0.05) is 41.8 Å². The zero-order chi connectivity index (χ0) is 39.8. The smallest absolute Gasteiger partial charge is 0.327 e. The van der Waals surface area contributed by atoms with Gasteiger partial charge in [-0.3, -0.25) is 9.69 Å².